The fraction of sp³-hybridized carbons (Fsp3) is 0.120. The van der Waals surface area contributed by atoms with Gasteiger partial charge in [-0.2, -0.15) is 0 Å². The van der Waals surface area contributed by atoms with E-state index in [1.165, 1.54) is 31.7 Å². The lowest BCUT2D eigenvalue weighted by Gasteiger charge is -2.08. The van der Waals surface area contributed by atoms with Crippen LogP contribution in [0.25, 0.3) is 21.7 Å². The Kier molecular flexibility index (Phi) is 5.36. The molecule has 0 N–H and O–H groups in total. The Hall–Kier alpha value is -2.84. The van der Waals surface area contributed by atoms with Crippen molar-refractivity contribution in [1.82, 2.24) is 0 Å². The highest BCUT2D eigenvalue weighted by molar-refractivity contribution is 7.20. The van der Waals surface area contributed by atoms with Crippen LogP contribution >= 0.6 is 11.3 Å². The number of allylic oxidation sites excluding steroid dienone is 6. The Morgan fingerprint density at radius 2 is 1.85 bits per heavy atom. The highest BCUT2D eigenvalue weighted by Gasteiger charge is 2.13. The molecule has 1 aromatic heterocycles. The van der Waals surface area contributed by atoms with E-state index in [4.69, 9.17) is 4.74 Å². The number of thiophene rings is 1. The molecule has 0 radical (unpaired) electrons. The maximum Gasteiger partial charge on any atom is 0.123 e. The number of hydrogen-bond donors (Lipinski definition) is 0. The standard InChI is InChI=1S/C25H22OS/c1-2-3-4-16-24-25(21-13-6-8-15-23(21)27-24)20-12-9-11-19-10-5-7-14-22(19)26-18-17-20/h2-10,12-17H,11,18H2,1H3/b3-2+,12-9-,16-4+,20-17+. The largest absolute Gasteiger partial charge is 0.489 e. The van der Waals surface area contributed by atoms with Gasteiger partial charge in [0.25, 0.3) is 0 Å². The SMILES string of the molecule is C/C=C/C=C/c1sc2ccccc2c1C1=C/COc2ccccc2C/C=C\1. The fourth-order valence-corrected chi connectivity index (χ4v) is 4.47. The van der Waals surface area contributed by atoms with Gasteiger partial charge in [0.05, 0.1) is 0 Å². The first-order valence-corrected chi connectivity index (χ1v) is 10.1. The summed E-state index contributed by atoms with van der Waals surface area (Å²) < 4.78 is 7.36. The van der Waals surface area contributed by atoms with Crippen LogP contribution in [0.3, 0.4) is 0 Å². The Morgan fingerprint density at radius 1 is 1.00 bits per heavy atom. The molecule has 2 heteroatoms. The minimum Gasteiger partial charge on any atom is -0.489 e. The highest BCUT2D eigenvalue weighted by Crippen LogP contribution is 2.38. The third kappa shape index (κ3) is 3.81. The van der Waals surface area contributed by atoms with Gasteiger partial charge in [-0.25, -0.2) is 0 Å². The number of benzene rings is 2. The summed E-state index contributed by atoms with van der Waals surface area (Å²) in [7, 11) is 0. The van der Waals surface area contributed by atoms with E-state index in [1.54, 1.807) is 0 Å². The predicted molar refractivity (Wildman–Crippen MR) is 118 cm³/mol. The monoisotopic (exact) mass is 370 g/mol. The van der Waals surface area contributed by atoms with Crippen LogP contribution in [0.1, 0.15) is 22.9 Å². The summed E-state index contributed by atoms with van der Waals surface area (Å²) in [5.74, 6) is 0.975. The van der Waals surface area contributed by atoms with Crippen LogP contribution in [0.4, 0.5) is 0 Å². The Balaban J connectivity index is 1.79. The number of fused-ring (bicyclic) bond motifs is 2. The summed E-state index contributed by atoms with van der Waals surface area (Å²) in [4.78, 5) is 1.28. The maximum absolute atomic E-state index is 6.05. The number of ether oxygens (including phenoxy) is 1. The molecule has 27 heavy (non-hydrogen) atoms. The fourth-order valence-electron chi connectivity index (χ4n) is 3.33. The molecule has 0 aliphatic carbocycles. The molecule has 1 nitrogen and oxygen atoms in total. The summed E-state index contributed by atoms with van der Waals surface area (Å²) in [5, 5.41) is 1.30. The van der Waals surface area contributed by atoms with Gasteiger partial charge in [-0.1, -0.05) is 66.8 Å². The van der Waals surface area contributed by atoms with Crippen molar-refractivity contribution < 1.29 is 4.74 Å². The van der Waals surface area contributed by atoms with Gasteiger partial charge in [-0.15, -0.1) is 11.3 Å². The molecule has 1 aliphatic rings. The van der Waals surface area contributed by atoms with Crippen molar-refractivity contribution in [3.63, 3.8) is 0 Å². The number of hydrogen-bond acceptors (Lipinski definition) is 2. The summed E-state index contributed by atoms with van der Waals surface area (Å²) in [6, 6.07) is 16.9. The maximum atomic E-state index is 6.05. The van der Waals surface area contributed by atoms with Crippen molar-refractivity contribution in [1.29, 1.82) is 0 Å². The molecule has 3 aromatic rings. The molecular weight excluding hydrogens is 348 g/mol. The van der Waals surface area contributed by atoms with Gasteiger partial charge in [0.15, 0.2) is 0 Å². The molecule has 0 unspecified atom stereocenters. The Morgan fingerprint density at radius 3 is 2.78 bits per heavy atom. The van der Waals surface area contributed by atoms with Crippen LogP contribution in [-0.4, -0.2) is 6.61 Å². The van der Waals surface area contributed by atoms with Gasteiger partial charge in [0.1, 0.15) is 12.4 Å². The average molecular weight is 371 g/mol. The van der Waals surface area contributed by atoms with Crippen molar-refractivity contribution in [2.24, 2.45) is 0 Å². The molecule has 0 bridgehead atoms. The lowest BCUT2D eigenvalue weighted by molar-refractivity contribution is 0.360. The second-order valence-corrected chi connectivity index (χ2v) is 7.49. The third-order valence-corrected chi connectivity index (χ3v) is 5.75. The van der Waals surface area contributed by atoms with Crippen molar-refractivity contribution in [2.75, 3.05) is 6.61 Å². The normalized spacial score (nSPS) is 17.7. The molecular formula is C25H22OS. The summed E-state index contributed by atoms with van der Waals surface area (Å²) >= 11 is 1.84. The van der Waals surface area contributed by atoms with Gasteiger partial charge in [0.2, 0.25) is 0 Å². The molecule has 4 rings (SSSR count). The van der Waals surface area contributed by atoms with E-state index in [-0.39, 0.29) is 0 Å². The highest BCUT2D eigenvalue weighted by atomic mass is 32.1. The minimum absolute atomic E-state index is 0.568. The van der Waals surface area contributed by atoms with Gasteiger partial charge in [-0.05, 0) is 48.8 Å². The number of rotatable bonds is 3. The smallest absolute Gasteiger partial charge is 0.123 e. The van der Waals surface area contributed by atoms with E-state index in [2.05, 4.69) is 72.9 Å². The average Bonchev–Trinajstić information content (AvgIpc) is 3.10. The number of para-hydroxylation sites is 1. The predicted octanol–water partition coefficient (Wildman–Crippen LogP) is 7.07. The zero-order valence-electron chi connectivity index (χ0n) is 15.4. The van der Waals surface area contributed by atoms with Crippen molar-refractivity contribution in [3.8, 4) is 5.75 Å². The van der Waals surface area contributed by atoms with Crippen LogP contribution in [0.15, 0.2) is 85.0 Å². The van der Waals surface area contributed by atoms with Crippen molar-refractivity contribution in [2.45, 2.75) is 13.3 Å². The minimum atomic E-state index is 0.568. The van der Waals surface area contributed by atoms with Crippen LogP contribution < -0.4 is 4.74 Å². The third-order valence-electron chi connectivity index (χ3n) is 4.61. The molecule has 0 atom stereocenters. The van der Waals surface area contributed by atoms with Gasteiger partial charge in [0, 0.05) is 20.5 Å². The van der Waals surface area contributed by atoms with Crippen LogP contribution in [0.2, 0.25) is 0 Å². The van der Waals surface area contributed by atoms with Crippen LogP contribution in [0, 0.1) is 0 Å². The van der Waals surface area contributed by atoms with E-state index in [1.807, 2.05) is 36.5 Å². The summed E-state index contributed by atoms with van der Waals surface area (Å²) in [5.41, 5.74) is 3.74. The molecule has 1 aliphatic heterocycles. The molecule has 0 amide bonds. The van der Waals surface area contributed by atoms with E-state index in [0.717, 1.165) is 12.2 Å². The first kappa shape index (κ1) is 17.6. The first-order valence-electron chi connectivity index (χ1n) is 9.25. The second-order valence-electron chi connectivity index (χ2n) is 6.41. The quantitative estimate of drug-likeness (QED) is 0.448. The topological polar surface area (TPSA) is 9.23 Å². The summed E-state index contributed by atoms with van der Waals surface area (Å²) in [6.45, 7) is 2.60. The van der Waals surface area contributed by atoms with E-state index >= 15 is 0 Å². The van der Waals surface area contributed by atoms with Crippen LogP contribution in [0.5, 0.6) is 5.75 Å². The molecule has 0 saturated heterocycles. The Bertz CT molecular complexity index is 1060. The molecule has 2 heterocycles. The van der Waals surface area contributed by atoms with E-state index in [0.29, 0.717) is 6.61 Å². The van der Waals surface area contributed by atoms with Gasteiger partial charge in [-0.3, -0.25) is 0 Å². The van der Waals surface area contributed by atoms with E-state index in [9.17, 15) is 0 Å². The lowest BCUT2D eigenvalue weighted by atomic mass is 10.00. The van der Waals surface area contributed by atoms with Crippen molar-refractivity contribution in [3.05, 3.63) is 101 Å². The van der Waals surface area contributed by atoms with Gasteiger partial charge < -0.3 is 4.74 Å². The van der Waals surface area contributed by atoms with E-state index < -0.39 is 0 Å². The zero-order chi connectivity index (χ0) is 18.5. The van der Waals surface area contributed by atoms with Crippen molar-refractivity contribution >= 4 is 33.1 Å². The zero-order valence-corrected chi connectivity index (χ0v) is 16.2. The molecule has 2 aromatic carbocycles. The molecule has 134 valence electrons. The molecule has 0 fully saturated rings. The lowest BCUT2D eigenvalue weighted by Crippen LogP contribution is -1.97. The summed E-state index contributed by atoms with van der Waals surface area (Å²) in [6.07, 6.45) is 16.0. The van der Waals surface area contributed by atoms with Gasteiger partial charge >= 0.3 is 0 Å². The van der Waals surface area contributed by atoms with Crippen LogP contribution in [-0.2, 0) is 6.42 Å². The molecule has 0 saturated carbocycles. The molecule has 0 spiro atoms. The first-order chi connectivity index (χ1) is 13.4. The Labute approximate surface area is 164 Å². The second kappa shape index (κ2) is 8.24.